The maximum atomic E-state index is 9.42. The predicted octanol–water partition coefficient (Wildman–Crippen LogP) is 2.94. The van der Waals surface area contributed by atoms with Gasteiger partial charge in [-0.15, -0.1) is 0 Å². The Bertz CT molecular complexity index is 643. The Morgan fingerprint density at radius 3 is 2.88 bits per heavy atom. The number of aromatic hydroxyl groups is 1. The topological polar surface area (TPSA) is 48.9 Å². The van der Waals surface area contributed by atoms with Gasteiger partial charge in [0, 0.05) is 23.3 Å². The maximum absolute atomic E-state index is 9.42. The standard InChI is InChI=1S/C13H10N2O/c16-12-3-1-2-9(7-12)11-6-10-4-5-14-13(10)15-8-11/h1-8,16H,(H,14,15). The van der Waals surface area contributed by atoms with Crippen molar-refractivity contribution in [1.29, 1.82) is 0 Å². The van der Waals surface area contributed by atoms with Crippen LogP contribution in [-0.2, 0) is 0 Å². The monoisotopic (exact) mass is 210 g/mol. The van der Waals surface area contributed by atoms with Crippen molar-refractivity contribution >= 4 is 11.0 Å². The third-order valence-electron chi connectivity index (χ3n) is 2.58. The molecule has 0 atom stereocenters. The fourth-order valence-electron chi connectivity index (χ4n) is 1.78. The molecule has 0 bridgehead atoms. The summed E-state index contributed by atoms with van der Waals surface area (Å²) >= 11 is 0. The Morgan fingerprint density at radius 2 is 2.00 bits per heavy atom. The molecule has 78 valence electrons. The van der Waals surface area contributed by atoms with E-state index in [4.69, 9.17) is 0 Å². The van der Waals surface area contributed by atoms with Crippen LogP contribution in [0.1, 0.15) is 0 Å². The summed E-state index contributed by atoms with van der Waals surface area (Å²) < 4.78 is 0. The summed E-state index contributed by atoms with van der Waals surface area (Å²) in [6.45, 7) is 0. The van der Waals surface area contributed by atoms with E-state index in [0.717, 1.165) is 22.2 Å². The van der Waals surface area contributed by atoms with Gasteiger partial charge in [0.2, 0.25) is 0 Å². The molecule has 0 saturated carbocycles. The Morgan fingerprint density at radius 1 is 1.06 bits per heavy atom. The van der Waals surface area contributed by atoms with Crippen LogP contribution in [0.25, 0.3) is 22.2 Å². The van der Waals surface area contributed by atoms with Crippen molar-refractivity contribution in [2.75, 3.05) is 0 Å². The average Bonchev–Trinajstić information content (AvgIpc) is 2.75. The van der Waals surface area contributed by atoms with Gasteiger partial charge in [0.1, 0.15) is 11.4 Å². The quantitative estimate of drug-likeness (QED) is 0.648. The van der Waals surface area contributed by atoms with Crippen LogP contribution < -0.4 is 0 Å². The Balaban J connectivity index is 2.18. The molecule has 1 aromatic carbocycles. The highest BCUT2D eigenvalue weighted by molar-refractivity contribution is 5.81. The van der Waals surface area contributed by atoms with Crippen molar-refractivity contribution in [2.24, 2.45) is 0 Å². The van der Waals surface area contributed by atoms with E-state index in [1.807, 2.05) is 30.5 Å². The number of phenolic OH excluding ortho intramolecular Hbond substituents is 1. The molecule has 0 amide bonds. The fourth-order valence-corrected chi connectivity index (χ4v) is 1.78. The van der Waals surface area contributed by atoms with E-state index in [-0.39, 0.29) is 5.75 Å². The van der Waals surface area contributed by atoms with Crippen LogP contribution in [-0.4, -0.2) is 15.1 Å². The first kappa shape index (κ1) is 8.97. The molecule has 0 aliphatic heterocycles. The van der Waals surface area contributed by atoms with Crippen molar-refractivity contribution in [1.82, 2.24) is 9.97 Å². The molecular weight excluding hydrogens is 200 g/mol. The smallest absolute Gasteiger partial charge is 0.137 e. The molecule has 0 fully saturated rings. The average molecular weight is 210 g/mol. The lowest BCUT2D eigenvalue weighted by Gasteiger charge is -2.01. The molecule has 0 saturated heterocycles. The van der Waals surface area contributed by atoms with E-state index < -0.39 is 0 Å². The second-order valence-corrected chi connectivity index (χ2v) is 3.69. The minimum absolute atomic E-state index is 0.270. The van der Waals surface area contributed by atoms with Gasteiger partial charge in [-0.05, 0) is 29.8 Å². The molecule has 3 aromatic rings. The van der Waals surface area contributed by atoms with Gasteiger partial charge in [0.25, 0.3) is 0 Å². The highest BCUT2D eigenvalue weighted by atomic mass is 16.3. The second-order valence-electron chi connectivity index (χ2n) is 3.69. The summed E-state index contributed by atoms with van der Waals surface area (Å²) in [5.74, 6) is 0.270. The van der Waals surface area contributed by atoms with Crippen LogP contribution in [0.4, 0.5) is 0 Å². The van der Waals surface area contributed by atoms with Gasteiger partial charge in [0.15, 0.2) is 0 Å². The van der Waals surface area contributed by atoms with Crippen molar-refractivity contribution in [3.8, 4) is 16.9 Å². The lowest BCUT2D eigenvalue weighted by atomic mass is 10.1. The van der Waals surface area contributed by atoms with Crippen molar-refractivity contribution in [2.45, 2.75) is 0 Å². The fraction of sp³-hybridized carbons (Fsp3) is 0. The Hall–Kier alpha value is -2.29. The maximum Gasteiger partial charge on any atom is 0.137 e. The molecule has 2 heterocycles. The molecule has 0 aliphatic rings. The van der Waals surface area contributed by atoms with Gasteiger partial charge in [-0.25, -0.2) is 4.98 Å². The number of nitrogens with zero attached hydrogens (tertiary/aromatic N) is 1. The van der Waals surface area contributed by atoms with E-state index in [1.165, 1.54) is 0 Å². The van der Waals surface area contributed by atoms with Crippen LogP contribution in [0.15, 0.2) is 48.8 Å². The Labute approximate surface area is 92.4 Å². The van der Waals surface area contributed by atoms with Crippen molar-refractivity contribution in [3.05, 3.63) is 48.8 Å². The zero-order chi connectivity index (χ0) is 11.0. The normalized spacial score (nSPS) is 10.8. The molecule has 0 spiro atoms. The Kier molecular flexibility index (Phi) is 1.90. The van der Waals surface area contributed by atoms with Gasteiger partial charge in [-0.3, -0.25) is 0 Å². The zero-order valence-corrected chi connectivity index (χ0v) is 8.51. The molecule has 3 heteroatoms. The van der Waals surface area contributed by atoms with E-state index in [1.54, 1.807) is 18.3 Å². The summed E-state index contributed by atoms with van der Waals surface area (Å²) in [5.41, 5.74) is 2.85. The number of aromatic amines is 1. The number of benzene rings is 1. The van der Waals surface area contributed by atoms with Gasteiger partial charge < -0.3 is 10.1 Å². The predicted molar refractivity (Wildman–Crippen MR) is 63.2 cm³/mol. The minimum atomic E-state index is 0.270. The highest BCUT2D eigenvalue weighted by Gasteiger charge is 2.01. The molecule has 3 nitrogen and oxygen atoms in total. The van der Waals surface area contributed by atoms with Crippen LogP contribution >= 0.6 is 0 Å². The van der Waals surface area contributed by atoms with E-state index >= 15 is 0 Å². The van der Waals surface area contributed by atoms with Crippen LogP contribution in [0.3, 0.4) is 0 Å². The van der Waals surface area contributed by atoms with Gasteiger partial charge in [-0.1, -0.05) is 12.1 Å². The summed E-state index contributed by atoms with van der Waals surface area (Å²) in [5, 5.41) is 10.5. The highest BCUT2D eigenvalue weighted by Crippen LogP contribution is 2.24. The zero-order valence-electron chi connectivity index (χ0n) is 8.51. The number of phenols is 1. The summed E-state index contributed by atoms with van der Waals surface area (Å²) in [6.07, 6.45) is 3.66. The van der Waals surface area contributed by atoms with Crippen LogP contribution in [0.5, 0.6) is 5.75 Å². The number of aromatic nitrogens is 2. The van der Waals surface area contributed by atoms with Crippen LogP contribution in [0.2, 0.25) is 0 Å². The molecule has 0 aliphatic carbocycles. The third-order valence-corrected chi connectivity index (χ3v) is 2.58. The largest absolute Gasteiger partial charge is 0.508 e. The second kappa shape index (κ2) is 3.38. The number of hydrogen-bond donors (Lipinski definition) is 2. The first-order valence-electron chi connectivity index (χ1n) is 5.05. The minimum Gasteiger partial charge on any atom is -0.508 e. The van der Waals surface area contributed by atoms with Crippen molar-refractivity contribution < 1.29 is 5.11 Å². The first-order valence-corrected chi connectivity index (χ1v) is 5.05. The molecule has 0 radical (unpaired) electrons. The van der Waals surface area contributed by atoms with Crippen LogP contribution in [0, 0.1) is 0 Å². The summed E-state index contributed by atoms with van der Waals surface area (Å²) in [6, 6.07) is 11.2. The molecule has 2 aromatic heterocycles. The SMILES string of the molecule is Oc1cccc(-c2cnc3[nH]ccc3c2)c1. The van der Waals surface area contributed by atoms with Crippen molar-refractivity contribution in [3.63, 3.8) is 0 Å². The molecule has 3 rings (SSSR count). The lowest BCUT2D eigenvalue weighted by Crippen LogP contribution is -1.81. The van der Waals surface area contributed by atoms with Gasteiger partial charge >= 0.3 is 0 Å². The van der Waals surface area contributed by atoms with E-state index in [0.29, 0.717) is 0 Å². The van der Waals surface area contributed by atoms with Gasteiger partial charge in [0.05, 0.1) is 0 Å². The lowest BCUT2D eigenvalue weighted by molar-refractivity contribution is 0.475. The number of hydrogen-bond acceptors (Lipinski definition) is 2. The first-order chi connectivity index (χ1) is 7.83. The number of nitrogens with one attached hydrogen (secondary N) is 1. The molecule has 2 N–H and O–H groups in total. The van der Waals surface area contributed by atoms with E-state index in [2.05, 4.69) is 9.97 Å². The van der Waals surface area contributed by atoms with E-state index in [9.17, 15) is 5.11 Å². The van der Waals surface area contributed by atoms with Gasteiger partial charge in [-0.2, -0.15) is 0 Å². The summed E-state index contributed by atoms with van der Waals surface area (Å²) in [4.78, 5) is 7.36. The number of rotatable bonds is 1. The number of pyridine rings is 1. The molecule has 16 heavy (non-hydrogen) atoms. The third kappa shape index (κ3) is 1.42. The molecular formula is C13H10N2O. The summed E-state index contributed by atoms with van der Waals surface area (Å²) in [7, 11) is 0. The molecule has 0 unspecified atom stereocenters. The number of H-pyrrole nitrogens is 1. The number of fused-ring (bicyclic) bond motifs is 1.